The molecule has 0 radical (unpaired) electrons. The molecule has 1 rings (SSSR count). The van der Waals surface area contributed by atoms with Crippen molar-refractivity contribution >= 4 is 11.6 Å². The molecule has 0 aliphatic heterocycles. The van der Waals surface area contributed by atoms with E-state index >= 15 is 0 Å². The van der Waals surface area contributed by atoms with E-state index in [4.69, 9.17) is 16.7 Å². The van der Waals surface area contributed by atoms with Crippen LogP contribution in [0.3, 0.4) is 0 Å². The molecule has 0 spiro atoms. The molecule has 0 saturated heterocycles. The molecule has 1 N–H and O–H groups in total. The third-order valence-electron chi connectivity index (χ3n) is 1.66. The van der Waals surface area contributed by atoms with E-state index in [0.717, 1.165) is 12.0 Å². The van der Waals surface area contributed by atoms with Crippen molar-refractivity contribution in [1.82, 2.24) is 4.98 Å². The van der Waals surface area contributed by atoms with Crippen molar-refractivity contribution in [2.45, 2.75) is 13.3 Å². The van der Waals surface area contributed by atoms with Crippen LogP contribution < -0.4 is 0 Å². The van der Waals surface area contributed by atoms with Gasteiger partial charge in [0.05, 0.1) is 5.02 Å². The first-order valence-corrected chi connectivity index (χ1v) is 4.30. The first kappa shape index (κ1) is 9.49. The molecular weight excluding hydrogens is 174 g/mol. The van der Waals surface area contributed by atoms with Crippen LogP contribution in [0, 0.1) is 5.92 Å². The predicted octanol–water partition coefficient (Wildman–Crippen LogP) is 1.91. The van der Waals surface area contributed by atoms with Gasteiger partial charge in [0.2, 0.25) is 0 Å². The van der Waals surface area contributed by atoms with Crippen LogP contribution in [0.2, 0.25) is 5.02 Å². The Morgan fingerprint density at radius 3 is 2.92 bits per heavy atom. The Balaban J connectivity index is 2.63. The molecule has 0 aliphatic carbocycles. The molecule has 1 heterocycles. The number of halogens is 1. The highest BCUT2D eigenvalue weighted by Crippen LogP contribution is 2.12. The van der Waals surface area contributed by atoms with Crippen molar-refractivity contribution in [2.75, 3.05) is 6.61 Å². The molecule has 1 unspecified atom stereocenters. The Kier molecular flexibility index (Phi) is 3.50. The predicted molar refractivity (Wildman–Crippen MR) is 49.2 cm³/mol. The fourth-order valence-electron chi connectivity index (χ4n) is 1.03. The zero-order valence-electron chi connectivity index (χ0n) is 7.00. The number of hydrogen-bond donors (Lipinski definition) is 1. The van der Waals surface area contributed by atoms with Crippen LogP contribution in [0.15, 0.2) is 18.5 Å². The van der Waals surface area contributed by atoms with Crippen LogP contribution in [0.5, 0.6) is 0 Å². The van der Waals surface area contributed by atoms with Crippen molar-refractivity contribution in [1.29, 1.82) is 0 Å². The number of aliphatic hydroxyl groups is 1. The Labute approximate surface area is 77.2 Å². The van der Waals surface area contributed by atoms with Gasteiger partial charge in [0, 0.05) is 19.0 Å². The van der Waals surface area contributed by atoms with Gasteiger partial charge in [0.1, 0.15) is 0 Å². The first-order valence-electron chi connectivity index (χ1n) is 3.92. The lowest BCUT2D eigenvalue weighted by Crippen LogP contribution is -2.04. The highest BCUT2D eigenvalue weighted by Gasteiger charge is 2.02. The minimum absolute atomic E-state index is 0.201. The monoisotopic (exact) mass is 185 g/mol. The average Bonchev–Trinajstić information content (AvgIpc) is 2.04. The van der Waals surface area contributed by atoms with Crippen molar-refractivity contribution in [3.63, 3.8) is 0 Å². The quantitative estimate of drug-likeness (QED) is 0.781. The van der Waals surface area contributed by atoms with Gasteiger partial charge in [0.25, 0.3) is 0 Å². The Morgan fingerprint density at radius 1 is 1.58 bits per heavy atom. The van der Waals surface area contributed by atoms with Gasteiger partial charge in [-0.2, -0.15) is 0 Å². The van der Waals surface area contributed by atoms with Crippen LogP contribution in [0.25, 0.3) is 0 Å². The normalized spacial score (nSPS) is 12.9. The van der Waals surface area contributed by atoms with E-state index in [2.05, 4.69) is 4.98 Å². The van der Waals surface area contributed by atoms with E-state index in [9.17, 15) is 0 Å². The highest BCUT2D eigenvalue weighted by molar-refractivity contribution is 6.30. The summed E-state index contributed by atoms with van der Waals surface area (Å²) < 4.78 is 0. The molecule has 66 valence electrons. The van der Waals surface area contributed by atoms with E-state index in [1.807, 2.05) is 13.0 Å². The molecule has 0 amide bonds. The van der Waals surface area contributed by atoms with Gasteiger partial charge in [-0.25, -0.2) is 0 Å². The van der Waals surface area contributed by atoms with Crippen molar-refractivity contribution in [3.05, 3.63) is 29.0 Å². The number of pyridine rings is 1. The maximum absolute atomic E-state index is 8.81. The summed E-state index contributed by atoms with van der Waals surface area (Å²) in [5.74, 6) is 0.269. The molecule has 1 atom stereocenters. The summed E-state index contributed by atoms with van der Waals surface area (Å²) in [6, 6.07) is 1.88. The van der Waals surface area contributed by atoms with Gasteiger partial charge >= 0.3 is 0 Å². The SMILES string of the molecule is CC(CO)Cc1cncc(Cl)c1. The molecule has 0 aromatic carbocycles. The largest absolute Gasteiger partial charge is 0.396 e. The first-order chi connectivity index (χ1) is 5.72. The molecule has 0 fully saturated rings. The zero-order valence-corrected chi connectivity index (χ0v) is 7.75. The summed E-state index contributed by atoms with van der Waals surface area (Å²) in [5, 5.41) is 9.46. The van der Waals surface area contributed by atoms with Crippen LogP contribution in [-0.4, -0.2) is 16.7 Å². The van der Waals surface area contributed by atoms with Gasteiger partial charge in [-0.3, -0.25) is 4.98 Å². The maximum Gasteiger partial charge on any atom is 0.0592 e. The lowest BCUT2D eigenvalue weighted by atomic mass is 10.0. The van der Waals surface area contributed by atoms with Gasteiger partial charge in [-0.15, -0.1) is 0 Å². The second kappa shape index (κ2) is 4.43. The maximum atomic E-state index is 8.81. The van der Waals surface area contributed by atoms with Crippen LogP contribution in [0.1, 0.15) is 12.5 Å². The van der Waals surface area contributed by atoms with Gasteiger partial charge in [0.15, 0.2) is 0 Å². The fraction of sp³-hybridized carbons (Fsp3) is 0.444. The second-order valence-corrected chi connectivity index (χ2v) is 3.44. The van der Waals surface area contributed by atoms with Crippen molar-refractivity contribution < 1.29 is 5.11 Å². The Hall–Kier alpha value is -0.600. The molecule has 3 heteroatoms. The standard InChI is InChI=1S/C9H12ClNO/c1-7(6-12)2-8-3-9(10)5-11-4-8/h3-5,7,12H,2,6H2,1H3. The third-order valence-corrected chi connectivity index (χ3v) is 1.86. The summed E-state index contributed by atoms with van der Waals surface area (Å²) in [6.07, 6.45) is 4.21. The Bertz CT molecular complexity index is 252. The fourth-order valence-corrected chi connectivity index (χ4v) is 1.23. The molecule has 1 aromatic heterocycles. The summed E-state index contributed by atoms with van der Waals surface area (Å²) in [6.45, 7) is 2.19. The number of aromatic nitrogens is 1. The van der Waals surface area contributed by atoms with Crippen LogP contribution in [0.4, 0.5) is 0 Å². The molecule has 0 bridgehead atoms. The van der Waals surface area contributed by atoms with Crippen LogP contribution >= 0.6 is 11.6 Å². The summed E-state index contributed by atoms with van der Waals surface area (Å²) >= 11 is 5.75. The van der Waals surface area contributed by atoms with E-state index in [1.54, 1.807) is 12.4 Å². The average molecular weight is 186 g/mol. The molecule has 0 aliphatic rings. The molecule has 2 nitrogen and oxygen atoms in total. The minimum Gasteiger partial charge on any atom is -0.396 e. The second-order valence-electron chi connectivity index (χ2n) is 3.00. The molecule has 0 saturated carbocycles. The number of aliphatic hydroxyl groups excluding tert-OH is 1. The van der Waals surface area contributed by atoms with Gasteiger partial charge in [-0.1, -0.05) is 18.5 Å². The van der Waals surface area contributed by atoms with Crippen LogP contribution in [-0.2, 0) is 6.42 Å². The summed E-state index contributed by atoms with van der Waals surface area (Å²) in [7, 11) is 0. The molecule has 1 aromatic rings. The lowest BCUT2D eigenvalue weighted by Gasteiger charge is -2.06. The van der Waals surface area contributed by atoms with E-state index < -0.39 is 0 Å². The van der Waals surface area contributed by atoms with Crippen molar-refractivity contribution in [2.24, 2.45) is 5.92 Å². The minimum atomic E-state index is 0.201. The third kappa shape index (κ3) is 2.80. The van der Waals surface area contributed by atoms with Gasteiger partial charge < -0.3 is 5.11 Å². The zero-order chi connectivity index (χ0) is 8.97. The number of nitrogens with zero attached hydrogens (tertiary/aromatic N) is 1. The summed E-state index contributed by atoms with van der Waals surface area (Å²) in [5.41, 5.74) is 1.07. The molecule has 12 heavy (non-hydrogen) atoms. The highest BCUT2D eigenvalue weighted by atomic mass is 35.5. The van der Waals surface area contributed by atoms with E-state index in [-0.39, 0.29) is 12.5 Å². The molecular formula is C9H12ClNO. The van der Waals surface area contributed by atoms with E-state index in [0.29, 0.717) is 5.02 Å². The van der Waals surface area contributed by atoms with Crippen molar-refractivity contribution in [3.8, 4) is 0 Å². The lowest BCUT2D eigenvalue weighted by molar-refractivity contribution is 0.237. The smallest absolute Gasteiger partial charge is 0.0592 e. The topological polar surface area (TPSA) is 33.1 Å². The number of hydrogen-bond acceptors (Lipinski definition) is 2. The summed E-state index contributed by atoms with van der Waals surface area (Å²) in [4.78, 5) is 3.96. The van der Waals surface area contributed by atoms with E-state index in [1.165, 1.54) is 0 Å². The number of rotatable bonds is 3. The van der Waals surface area contributed by atoms with Gasteiger partial charge in [-0.05, 0) is 24.0 Å². The Morgan fingerprint density at radius 2 is 2.33 bits per heavy atom.